The summed E-state index contributed by atoms with van der Waals surface area (Å²) in [7, 11) is 0. The number of benzene rings is 2. The monoisotopic (exact) mass is 547 g/mol. The van der Waals surface area contributed by atoms with Crippen LogP contribution in [0.15, 0.2) is 77.2 Å². The van der Waals surface area contributed by atoms with Crippen LogP contribution in [-0.2, 0) is 0 Å². The van der Waals surface area contributed by atoms with Gasteiger partial charge in [-0.15, -0.1) is 11.3 Å². The molecule has 0 aliphatic rings. The molecule has 4 aromatic heterocycles. The minimum Gasteiger partial charge on any atom is -0.342 e. The Balaban J connectivity index is 1.46. The molecule has 40 heavy (non-hydrogen) atoms. The van der Waals surface area contributed by atoms with Crippen LogP contribution in [0.1, 0.15) is 51.1 Å². The first kappa shape index (κ1) is 25.3. The minimum atomic E-state index is -0.611. The molecule has 0 unspecified atom stereocenters. The van der Waals surface area contributed by atoms with E-state index in [0.29, 0.717) is 39.3 Å². The van der Waals surface area contributed by atoms with Gasteiger partial charge in [-0.3, -0.25) is 14.2 Å². The molecule has 4 heterocycles. The van der Waals surface area contributed by atoms with E-state index in [9.17, 15) is 9.59 Å². The molecule has 0 aliphatic heterocycles. The Bertz CT molecular complexity index is 1970. The number of nitrogens with zero attached hydrogens (tertiary/aromatic N) is 6. The fraction of sp³-hybridized carbons (Fsp3) is 0.133. The number of aryl methyl sites for hydroxylation is 2. The van der Waals surface area contributed by atoms with Crippen molar-refractivity contribution in [2.75, 3.05) is 0 Å². The van der Waals surface area contributed by atoms with Crippen LogP contribution < -0.4 is 10.9 Å². The van der Waals surface area contributed by atoms with Crippen LogP contribution in [0, 0.1) is 13.8 Å². The van der Waals surface area contributed by atoms with Crippen molar-refractivity contribution in [1.82, 2.24) is 34.4 Å². The van der Waals surface area contributed by atoms with Gasteiger partial charge in [0, 0.05) is 17.8 Å². The Morgan fingerprint density at radius 1 is 1.02 bits per heavy atom. The highest BCUT2D eigenvalue weighted by Gasteiger charge is 2.24. The number of para-hydroxylation sites is 1. The normalized spacial score (nSPS) is 12.4. The van der Waals surface area contributed by atoms with Gasteiger partial charge in [-0.25, -0.2) is 19.5 Å². The standard InChI is InChI=1S/C30H25N7O2S/c1-18-25(28-31-15-8-16-36(28)35-18)29(38)32-19(2)27-34-24-12-7-9-21(13-14-22-17-40-20(3)33-22)26(24)30(39)37(27)23-10-5-4-6-11-23/h4-17,19H,1-3H3,(H,32,38)/b14-13+/t19-/m1/s1. The van der Waals surface area contributed by atoms with Crippen LogP contribution in [0.25, 0.3) is 34.4 Å². The SMILES string of the molecule is Cc1nc(/C=C/c2cccc3nc([C@@H](C)NC(=O)c4c(C)nn5cccnc45)n(-c4ccccc4)c(=O)c23)cs1. The van der Waals surface area contributed by atoms with Crippen LogP contribution in [-0.4, -0.2) is 35.0 Å². The summed E-state index contributed by atoms with van der Waals surface area (Å²) >= 11 is 1.57. The molecule has 0 saturated carbocycles. The predicted molar refractivity (Wildman–Crippen MR) is 157 cm³/mol. The van der Waals surface area contributed by atoms with Crippen molar-refractivity contribution in [2.24, 2.45) is 0 Å². The van der Waals surface area contributed by atoms with E-state index in [-0.39, 0.29) is 11.5 Å². The van der Waals surface area contributed by atoms with E-state index in [1.165, 1.54) is 0 Å². The van der Waals surface area contributed by atoms with Gasteiger partial charge in [0.1, 0.15) is 11.4 Å². The molecule has 1 N–H and O–H groups in total. The van der Waals surface area contributed by atoms with Gasteiger partial charge in [0.15, 0.2) is 5.65 Å². The molecule has 10 heteroatoms. The Morgan fingerprint density at radius 2 is 1.85 bits per heavy atom. The van der Waals surface area contributed by atoms with E-state index < -0.39 is 6.04 Å². The number of aromatic nitrogens is 6. The minimum absolute atomic E-state index is 0.226. The van der Waals surface area contributed by atoms with Gasteiger partial charge < -0.3 is 5.32 Å². The van der Waals surface area contributed by atoms with Gasteiger partial charge in [0.2, 0.25) is 0 Å². The van der Waals surface area contributed by atoms with Gasteiger partial charge >= 0.3 is 0 Å². The number of carbonyl (C=O) groups excluding carboxylic acids is 1. The second kappa shape index (κ2) is 10.3. The quantitative estimate of drug-likeness (QED) is 0.309. The van der Waals surface area contributed by atoms with Crippen LogP contribution >= 0.6 is 11.3 Å². The summed E-state index contributed by atoms with van der Waals surface area (Å²) in [6, 6.07) is 16.0. The second-order valence-electron chi connectivity index (χ2n) is 9.36. The molecular formula is C30H25N7O2S. The van der Waals surface area contributed by atoms with Crippen LogP contribution in [0.4, 0.5) is 0 Å². The number of thiazole rings is 1. The molecule has 0 aliphatic carbocycles. The van der Waals surface area contributed by atoms with Gasteiger partial charge in [-0.05, 0) is 56.7 Å². The maximum atomic E-state index is 14.2. The number of fused-ring (bicyclic) bond motifs is 2. The van der Waals surface area contributed by atoms with Crippen molar-refractivity contribution < 1.29 is 4.79 Å². The molecular weight excluding hydrogens is 522 g/mol. The van der Waals surface area contributed by atoms with Gasteiger partial charge in [-0.2, -0.15) is 5.10 Å². The molecule has 1 atom stereocenters. The van der Waals surface area contributed by atoms with Crippen molar-refractivity contribution in [3.63, 3.8) is 0 Å². The molecule has 6 aromatic rings. The summed E-state index contributed by atoms with van der Waals surface area (Å²) in [5.41, 5.74) is 3.94. The third-order valence-corrected chi connectivity index (χ3v) is 7.36. The lowest BCUT2D eigenvalue weighted by atomic mass is 10.1. The van der Waals surface area contributed by atoms with E-state index in [1.54, 1.807) is 45.8 Å². The maximum absolute atomic E-state index is 14.2. The Labute approximate surface area is 233 Å². The average Bonchev–Trinajstić information content (AvgIpc) is 3.53. The predicted octanol–water partition coefficient (Wildman–Crippen LogP) is 5.16. The van der Waals surface area contributed by atoms with Gasteiger partial charge in [-0.1, -0.05) is 36.4 Å². The molecule has 0 radical (unpaired) electrons. The lowest BCUT2D eigenvalue weighted by Crippen LogP contribution is -2.33. The summed E-state index contributed by atoms with van der Waals surface area (Å²) < 4.78 is 3.14. The number of amides is 1. The first-order valence-electron chi connectivity index (χ1n) is 12.7. The summed E-state index contributed by atoms with van der Waals surface area (Å²) in [6.07, 6.45) is 7.15. The first-order valence-corrected chi connectivity index (χ1v) is 13.6. The van der Waals surface area contributed by atoms with Crippen LogP contribution in [0.2, 0.25) is 0 Å². The number of carbonyl (C=O) groups is 1. The third kappa shape index (κ3) is 4.58. The topological polar surface area (TPSA) is 107 Å². The third-order valence-electron chi connectivity index (χ3n) is 6.57. The number of hydrogen-bond donors (Lipinski definition) is 1. The molecule has 0 bridgehead atoms. The Morgan fingerprint density at radius 3 is 2.62 bits per heavy atom. The molecule has 1 amide bonds. The largest absolute Gasteiger partial charge is 0.342 e. The highest BCUT2D eigenvalue weighted by Crippen LogP contribution is 2.23. The number of hydrogen-bond acceptors (Lipinski definition) is 7. The molecule has 6 rings (SSSR count). The maximum Gasteiger partial charge on any atom is 0.266 e. The smallest absolute Gasteiger partial charge is 0.266 e. The van der Waals surface area contributed by atoms with E-state index in [0.717, 1.165) is 16.3 Å². The van der Waals surface area contributed by atoms with E-state index in [4.69, 9.17) is 4.98 Å². The first-order chi connectivity index (χ1) is 19.4. The zero-order valence-corrected chi connectivity index (χ0v) is 22.9. The molecule has 0 spiro atoms. The molecule has 0 saturated heterocycles. The summed E-state index contributed by atoms with van der Waals surface area (Å²) in [5, 5.41) is 10.9. The lowest BCUT2D eigenvalue weighted by Gasteiger charge is -2.20. The van der Waals surface area contributed by atoms with Crippen molar-refractivity contribution in [2.45, 2.75) is 26.8 Å². The van der Waals surface area contributed by atoms with E-state index >= 15 is 0 Å². The zero-order valence-electron chi connectivity index (χ0n) is 22.1. The molecule has 198 valence electrons. The van der Waals surface area contributed by atoms with Crippen molar-refractivity contribution in [1.29, 1.82) is 0 Å². The lowest BCUT2D eigenvalue weighted by molar-refractivity contribution is 0.0938. The van der Waals surface area contributed by atoms with Gasteiger partial charge in [0.05, 0.1) is 39.0 Å². The van der Waals surface area contributed by atoms with Crippen molar-refractivity contribution in [3.8, 4) is 5.69 Å². The van der Waals surface area contributed by atoms with E-state index in [2.05, 4.69) is 20.4 Å². The fourth-order valence-electron chi connectivity index (χ4n) is 4.76. The van der Waals surface area contributed by atoms with Gasteiger partial charge in [0.25, 0.3) is 11.5 Å². The zero-order chi connectivity index (χ0) is 27.8. The Hall–Kier alpha value is -4.96. The second-order valence-corrected chi connectivity index (χ2v) is 10.4. The highest BCUT2D eigenvalue weighted by atomic mass is 32.1. The van der Waals surface area contributed by atoms with Crippen molar-refractivity contribution >= 4 is 45.9 Å². The van der Waals surface area contributed by atoms with Crippen molar-refractivity contribution in [3.05, 3.63) is 116 Å². The molecule has 2 aromatic carbocycles. The average molecular weight is 548 g/mol. The molecule has 9 nitrogen and oxygen atoms in total. The fourth-order valence-corrected chi connectivity index (χ4v) is 5.34. The Kier molecular flexibility index (Phi) is 6.53. The van der Waals surface area contributed by atoms with Crippen LogP contribution in [0.3, 0.4) is 0 Å². The summed E-state index contributed by atoms with van der Waals surface area (Å²) in [4.78, 5) is 41.4. The van der Waals surface area contributed by atoms with E-state index in [1.807, 2.05) is 79.9 Å². The number of rotatable bonds is 6. The highest BCUT2D eigenvalue weighted by molar-refractivity contribution is 7.09. The molecule has 0 fully saturated rings. The summed E-state index contributed by atoms with van der Waals surface area (Å²) in [5.74, 6) is 0.0679. The number of nitrogens with one attached hydrogen (secondary N) is 1. The van der Waals surface area contributed by atoms with Crippen LogP contribution in [0.5, 0.6) is 0 Å². The summed E-state index contributed by atoms with van der Waals surface area (Å²) in [6.45, 7) is 5.54.